The zero-order chi connectivity index (χ0) is 15.1. The molecule has 3 rings (SSSR count). The van der Waals surface area contributed by atoms with Gasteiger partial charge in [-0.25, -0.2) is 14.3 Å². The fourth-order valence-electron chi connectivity index (χ4n) is 2.36. The van der Waals surface area contributed by atoms with Crippen molar-refractivity contribution in [2.24, 2.45) is 5.73 Å². The second-order valence-corrected chi connectivity index (χ2v) is 4.85. The molecule has 1 aromatic carbocycles. The van der Waals surface area contributed by atoms with Crippen LogP contribution in [0.2, 0.25) is 0 Å². The third-order valence-corrected chi connectivity index (χ3v) is 3.26. The molecule has 0 aliphatic carbocycles. The molecule has 21 heavy (non-hydrogen) atoms. The van der Waals surface area contributed by atoms with Crippen molar-refractivity contribution >= 4 is 17.6 Å². The Labute approximate surface area is 119 Å². The molecule has 1 aliphatic rings. The van der Waals surface area contributed by atoms with Gasteiger partial charge in [0.15, 0.2) is 5.82 Å². The molecule has 0 bridgehead atoms. The third kappa shape index (κ3) is 2.10. The number of hydrogen-bond acceptors (Lipinski definition) is 4. The number of benzene rings is 1. The van der Waals surface area contributed by atoms with Crippen LogP contribution in [-0.2, 0) is 17.9 Å². The van der Waals surface area contributed by atoms with E-state index in [-0.39, 0.29) is 13.1 Å². The minimum Gasteiger partial charge on any atom is -0.368 e. The lowest BCUT2D eigenvalue weighted by Crippen LogP contribution is -2.36. The number of hydrogen-bond donors (Lipinski definition) is 1. The Kier molecular flexibility index (Phi) is 2.86. The number of amides is 2. The van der Waals surface area contributed by atoms with Crippen LogP contribution in [0.5, 0.6) is 0 Å². The first-order valence-electron chi connectivity index (χ1n) is 6.33. The third-order valence-electron chi connectivity index (χ3n) is 3.26. The van der Waals surface area contributed by atoms with Gasteiger partial charge in [-0.2, -0.15) is 9.67 Å². The van der Waals surface area contributed by atoms with Crippen LogP contribution in [0.3, 0.4) is 0 Å². The minimum atomic E-state index is -0.707. The van der Waals surface area contributed by atoms with Crippen LogP contribution >= 0.6 is 0 Å². The first kappa shape index (κ1) is 13.1. The van der Waals surface area contributed by atoms with Gasteiger partial charge in [0.1, 0.15) is 6.54 Å². The first-order valence-corrected chi connectivity index (χ1v) is 6.33. The molecule has 0 radical (unpaired) electrons. The molecule has 0 saturated carbocycles. The van der Waals surface area contributed by atoms with Gasteiger partial charge >= 0.3 is 11.7 Å². The molecular weight excluding hydrogens is 274 g/mol. The first-order chi connectivity index (χ1) is 9.97. The second kappa shape index (κ2) is 4.58. The van der Waals surface area contributed by atoms with Crippen LogP contribution in [0, 0.1) is 6.92 Å². The molecule has 8 heteroatoms. The van der Waals surface area contributed by atoms with Crippen molar-refractivity contribution in [3.63, 3.8) is 0 Å². The molecule has 0 spiro atoms. The molecule has 2 amide bonds. The number of carbonyl (C=O) groups is 2. The van der Waals surface area contributed by atoms with E-state index in [1.54, 1.807) is 6.07 Å². The number of aromatic nitrogens is 3. The van der Waals surface area contributed by atoms with Gasteiger partial charge in [-0.1, -0.05) is 12.1 Å². The smallest absolute Gasteiger partial charge is 0.365 e. The molecule has 1 aromatic heterocycles. The van der Waals surface area contributed by atoms with E-state index < -0.39 is 17.6 Å². The molecule has 2 N–H and O–H groups in total. The van der Waals surface area contributed by atoms with Gasteiger partial charge in [-0.05, 0) is 24.6 Å². The Bertz CT molecular complexity index is 804. The van der Waals surface area contributed by atoms with Crippen LogP contribution in [0.25, 0.3) is 0 Å². The molecule has 2 heterocycles. The summed E-state index contributed by atoms with van der Waals surface area (Å²) in [5.74, 6) is -0.408. The van der Waals surface area contributed by atoms with E-state index in [1.165, 1.54) is 4.90 Å². The molecular formula is C13H13N5O3. The Hall–Kier alpha value is -2.90. The standard InChI is InChI=1S/C13H13N5O3/c1-8-3-2-4-9(5-8)16-7-11-15-12(20)17(6-10(14)19)18(11)13(16)21/h2-5H,6-7H2,1H3,(H2,14,19). The topological polar surface area (TPSA) is 103 Å². The fraction of sp³-hybridized carbons (Fsp3) is 0.231. The molecule has 0 saturated heterocycles. The number of carbonyl (C=O) groups excluding carboxylic acids is 2. The summed E-state index contributed by atoms with van der Waals surface area (Å²) in [4.78, 5) is 40.4. The monoisotopic (exact) mass is 287 g/mol. The van der Waals surface area contributed by atoms with E-state index in [0.717, 1.165) is 14.9 Å². The van der Waals surface area contributed by atoms with Crippen LogP contribution in [0.1, 0.15) is 11.4 Å². The summed E-state index contributed by atoms with van der Waals surface area (Å²) in [5.41, 5.74) is 6.17. The largest absolute Gasteiger partial charge is 0.368 e. The van der Waals surface area contributed by atoms with Gasteiger partial charge in [-0.15, -0.1) is 0 Å². The minimum absolute atomic E-state index is 0.184. The van der Waals surface area contributed by atoms with E-state index in [0.29, 0.717) is 11.5 Å². The van der Waals surface area contributed by atoms with Crippen molar-refractivity contribution in [3.8, 4) is 0 Å². The molecule has 2 aromatic rings. The van der Waals surface area contributed by atoms with Gasteiger partial charge in [0.05, 0.1) is 6.54 Å². The van der Waals surface area contributed by atoms with E-state index in [2.05, 4.69) is 4.98 Å². The number of nitrogens with two attached hydrogens (primary N) is 1. The van der Waals surface area contributed by atoms with Crippen LogP contribution in [0.15, 0.2) is 29.1 Å². The second-order valence-electron chi connectivity index (χ2n) is 4.85. The molecule has 1 aliphatic heterocycles. The van der Waals surface area contributed by atoms with Gasteiger partial charge in [0, 0.05) is 5.69 Å². The van der Waals surface area contributed by atoms with Gasteiger partial charge in [-0.3, -0.25) is 9.69 Å². The number of aryl methyl sites for hydroxylation is 1. The molecule has 0 atom stereocenters. The highest BCUT2D eigenvalue weighted by atomic mass is 16.2. The van der Waals surface area contributed by atoms with Crippen molar-refractivity contribution in [1.82, 2.24) is 14.3 Å². The van der Waals surface area contributed by atoms with Gasteiger partial charge in [0.25, 0.3) is 0 Å². The van der Waals surface area contributed by atoms with Crippen LogP contribution in [-0.4, -0.2) is 26.3 Å². The summed E-state index contributed by atoms with van der Waals surface area (Å²) >= 11 is 0. The lowest BCUT2D eigenvalue weighted by Gasteiger charge is -2.16. The van der Waals surface area contributed by atoms with Crippen molar-refractivity contribution in [3.05, 3.63) is 46.1 Å². The lowest BCUT2D eigenvalue weighted by atomic mass is 10.2. The Morgan fingerprint density at radius 2 is 2.14 bits per heavy atom. The van der Waals surface area contributed by atoms with E-state index in [4.69, 9.17) is 5.73 Å². The average Bonchev–Trinajstić information content (AvgIpc) is 2.87. The van der Waals surface area contributed by atoms with Crippen molar-refractivity contribution in [2.75, 3.05) is 4.90 Å². The van der Waals surface area contributed by atoms with Gasteiger partial charge in [0.2, 0.25) is 5.91 Å². The van der Waals surface area contributed by atoms with Crippen molar-refractivity contribution < 1.29 is 9.59 Å². The summed E-state index contributed by atoms with van der Waals surface area (Å²) in [7, 11) is 0. The van der Waals surface area contributed by atoms with Crippen molar-refractivity contribution in [1.29, 1.82) is 0 Å². The lowest BCUT2D eigenvalue weighted by molar-refractivity contribution is -0.118. The summed E-state index contributed by atoms with van der Waals surface area (Å²) in [6, 6.07) is 7.00. The molecule has 0 unspecified atom stereocenters. The maximum Gasteiger partial charge on any atom is 0.365 e. The zero-order valence-corrected chi connectivity index (χ0v) is 11.3. The predicted molar refractivity (Wildman–Crippen MR) is 73.8 cm³/mol. The summed E-state index contributed by atoms with van der Waals surface area (Å²) in [6.07, 6.45) is 0. The number of primary amides is 1. The van der Waals surface area contributed by atoms with Crippen LogP contribution in [0.4, 0.5) is 10.5 Å². The Morgan fingerprint density at radius 1 is 1.38 bits per heavy atom. The van der Waals surface area contributed by atoms with E-state index in [1.807, 2.05) is 25.1 Å². The normalized spacial score (nSPS) is 13.6. The molecule has 108 valence electrons. The summed E-state index contributed by atoms with van der Waals surface area (Å²) < 4.78 is 2.06. The number of rotatable bonds is 3. The summed E-state index contributed by atoms with van der Waals surface area (Å²) in [5, 5.41) is 0. The predicted octanol–water partition coefficient (Wildman–Crippen LogP) is -0.173. The van der Waals surface area contributed by atoms with Gasteiger partial charge < -0.3 is 5.73 Å². The fourth-order valence-corrected chi connectivity index (χ4v) is 2.36. The van der Waals surface area contributed by atoms with Crippen molar-refractivity contribution in [2.45, 2.75) is 20.0 Å². The van der Waals surface area contributed by atoms with E-state index >= 15 is 0 Å². The molecule has 0 fully saturated rings. The number of nitrogens with zero attached hydrogens (tertiary/aromatic N) is 4. The van der Waals surface area contributed by atoms with E-state index in [9.17, 15) is 14.4 Å². The molecule has 8 nitrogen and oxygen atoms in total. The maximum atomic E-state index is 12.5. The summed E-state index contributed by atoms with van der Waals surface area (Å²) in [6.45, 7) is 1.73. The quantitative estimate of drug-likeness (QED) is 0.846. The highest BCUT2D eigenvalue weighted by Gasteiger charge is 2.33. The SMILES string of the molecule is Cc1cccc(N2Cc3nc(=O)n(CC(N)=O)n3C2=O)c1. The zero-order valence-electron chi connectivity index (χ0n) is 11.3. The number of fused-ring (bicyclic) bond motifs is 1. The Morgan fingerprint density at radius 3 is 2.81 bits per heavy atom. The average molecular weight is 287 g/mol. The highest BCUT2D eigenvalue weighted by molar-refractivity contribution is 5.95. The van der Waals surface area contributed by atoms with Crippen LogP contribution < -0.4 is 16.3 Å². The number of anilines is 1. The Balaban J connectivity index is 2.02. The maximum absolute atomic E-state index is 12.5. The highest BCUT2D eigenvalue weighted by Crippen LogP contribution is 2.23.